The molecule has 3 rings (SSSR count). The molecular weight excluding hydrogens is 310 g/mol. The highest BCUT2D eigenvalue weighted by molar-refractivity contribution is 7.98. The highest BCUT2D eigenvalue weighted by atomic mass is 32.2. The average molecular weight is 327 g/mol. The lowest BCUT2D eigenvalue weighted by molar-refractivity contribution is -0.130. The first-order chi connectivity index (χ1) is 11.1. The lowest BCUT2D eigenvalue weighted by Gasteiger charge is -2.19. The maximum absolute atomic E-state index is 11.6. The first-order valence-corrected chi connectivity index (χ1v) is 8.69. The molecule has 0 bridgehead atoms. The van der Waals surface area contributed by atoms with Gasteiger partial charge in [0, 0.05) is 35.4 Å². The Morgan fingerprint density at radius 2 is 1.74 bits per heavy atom. The van der Waals surface area contributed by atoms with Crippen molar-refractivity contribution in [1.82, 2.24) is 4.98 Å². The van der Waals surface area contributed by atoms with E-state index in [1.54, 1.807) is 17.8 Å². The Balaban J connectivity index is 1.76. The van der Waals surface area contributed by atoms with Crippen LogP contribution in [0.15, 0.2) is 47.4 Å². The van der Waals surface area contributed by atoms with Gasteiger partial charge in [0.15, 0.2) is 0 Å². The van der Waals surface area contributed by atoms with E-state index in [-0.39, 0.29) is 23.9 Å². The summed E-state index contributed by atoms with van der Waals surface area (Å²) in [6, 6.07) is 13.2. The van der Waals surface area contributed by atoms with E-state index in [0.29, 0.717) is 24.5 Å². The number of rotatable bonds is 4. The smallest absolute Gasteiger partial charge is 0.219 e. The summed E-state index contributed by atoms with van der Waals surface area (Å²) in [5.41, 5.74) is 0.740. The molecule has 1 aliphatic carbocycles. The van der Waals surface area contributed by atoms with Crippen molar-refractivity contribution in [2.24, 2.45) is 0 Å². The van der Waals surface area contributed by atoms with Crippen molar-refractivity contribution in [3.63, 3.8) is 0 Å². The second-order valence-corrected chi connectivity index (χ2v) is 6.42. The number of hydrogen-bond donors (Lipinski definition) is 0. The SMILES string of the molecule is CSc1ccc(Oc2cccc(C3CC(=O)CC(=O)C3)n2)cc1. The first-order valence-electron chi connectivity index (χ1n) is 7.46. The fraction of sp³-hybridized carbons (Fsp3) is 0.278. The van der Waals surface area contributed by atoms with Crippen LogP contribution in [0.4, 0.5) is 0 Å². The fourth-order valence-electron chi connectivity index (χ4n) is 2.67. The molecule has 1 aliphatic rings. The largest absolute Gasteiger partial charge is 0.439 e. The van der Waals surface area contributed by atoms with Gasteiger partial charge in [0.1, 0.15) is 17.3 Å². The van der Waals surface area contributed by atoms with Gasteiger partial charge in [0.25, 0.3) is 0 Å². The summed E-state index contributed by atoms with van der Waals surface area (Å²) >= 11 is 1.67. The molecule has 1 saturated carbocycles. The van der Waals surface area contributed by atoms with Crippen molar-refractivity contribution in [2.45, 2.75) is 30.1 Å². The number of nitrogens with zero attached hydrogens (tertiary/aromatic N) is 1. The van der Waals surface area contributed by atoms with Crippen molar-refractivity contribution in [1.29, 1.82) is 0 Å². The standard InChI is InChI=1S/C18H17NO3S/c1-23-16-7-5-15(6-8-16)22-18-4-2-3-17(19-18)12-9-13(20)11-14(21)10-12/h2-8,12H,9-11H2,1H3. The Labute approximate surface area is 139 Å². The monoisotopic (exact) mass is 327 g/mol. The van der Waals surface area contributed by atoms with Gasteiger partial charge < -0.3 is 4.74 Å². The molecule has 0 saturated heterocycles. The minimum absolute atomic E-state index is 0.00738. The Hall–Kier alpha value is -2.14. The second kappa shape index (κ2) is 6.96. The molecule has 5 heteroatoms. The summed E-state index contributed by atoms with van der Waals surface area (Å²) < 4.78 is 5.77. The molecule has 2 aromatic rings. The van der Waals surface area contributed by atoms with Gasteiger partial charge in [-0.2, -0.15) is 0 Å². The fourth-order valence-corrected chi connectivity index (χ4v) is 3.08. The number of carbonyl (C=O) groups is 2. The summed E-state index contributed by atoms with van der Waals surface area (Å²) in [4.78, 5) is 28.9. The van der Waals surface area contributed by atoms with Crippen molar-refractivity contribution < 1.29 is 14.3 Å². The molecule has 4 nitrogen and oxygen atoms in total. The quantitative estimate of drug-likeness (QED) is 0.627. The van der Waals surface area contributed by atoms with E-state index >= 15 is 0 Å². The molecule has 0 amide bonds. The normalized spacial score (nSPS) is 15.7. The van der Waals surface area contributed by atoms with Gasteiger partial charge >= 0.3 is 0 Å². The summed E-state index contributed by atoms with van der Waals surface area (Å²) in [7, 11) is 0. The average Bonchev–Trinajstić information content (AvgIpc) is 2.55. The van der Waals surface area contributed by atoms with Gasteiger partial charge in [-0.15, -0.1) is 11.8 Å². The van der Waals surface area contributed by atoms with Crippen LogP contribution in [-0.2, 0) is 9.59 Å². The summed E-state index contributed by atoms with van der Waals surface area (Å²) in [6.07, 6.45) is 2.84. The van der Waals surface area contributed by atoms with Crippen molar-refractivity contribution >= 4 is 23.3 Å². The second-order valence-electron chi connectivity index (χ2n) is 5.54. The molecule has 1 fully saturated rings. The number of pyridine rings is 1. The molecule has 0 N–H and O–H groups in total. The topological polar surface area (TPSA) is 56.3 Å². The minimum Gasteiger partial charge on any atom is -0.439 e. The zero-order chi connectivity index (χ0) is 16.2. The summed E-state index contributed by atoms with van der Waals surface area (Å²) in [6.45, 7) is 0. The molecule has 0 unspecified atom stereocenters. The molecule has 1 aromatic carbocycles. The Morgan fingerprint density at radius 1 is 1.04 bits per heavy atom. The van der Waals surface area contributed by atoms with Crippen molar-refractivity contribution in [2.75, 3.05) is 6.26 Å². The first kappa shape index (κ1) is 15.7. The molecule has 23 heavy (non-hydrogen) atoms. The maximum Gasteiger partial charge on any atom is 0.219 e. The van der Waals surface area contributed by atoms with Gasteiger partial charge in [0.05, 0.1) is 6.42 Å². The van der Waals surface area contributed by atoms with E-state index in [1.807, 2.05) is 42.7 Å². The van der Waals surface area contributed by atoms with Crippen LogP contribution in [0.25, 0.3) is 0 Å². The Bertz CT molecular complexity index is 711. The van der Waals surface area contributed by atoms with Crippen LogP contribution in [0.5, 0.6) is 11.6 Å². The third kappa shape index (κ3) is 3.99. The molecule has 1 heterocycles. The van der Waals surface area contributed by atoms with Crippen LogP contribution >= 0.6 is 11.8 Å². The predicted octanol–water partition coefficient (Wildman–Crippen LogP) is 4.00. The minimum atomic E-state index is -0.133. The van der Waals surface area contributed by atoms with Crippen LogP contribution in [0.2, 0.25) is 0 Å². The Kier molecular flexibility index (Phi) is 4.76. The van der Waals surface area contributed by atoms with E-state index in [4.69, 9.17) is 4.74 Å². The van der Waals surface area contributed by atoms with Gasteiger partial charge in [-0.05, 0) is 36.6 Å². The van der Waals surface area contributed by atoms with Gasteiger partial charge in [-0.1, -0.05) is 6.07 Å². The van der Waals surface area contributed by atoms with E-state index in [0.717, 1.165) is 5.69 Å². The van der Waals surface area contributed by atoms with Crippen LogP contribution in [-0.4, -0.2) is 22.8 Å². The highest BCUT2D eigenvalue weighted by Gasteiger charge is 2.27. The zero-order valence-corrected chi connectivity index (χ0v) is 13.6. The van der Waals surface area contributed by atoms with Crippen LogP contribution in [0.1, 0.15) is 30.9 Å². The molecule has 0 radical (unpaired) electrons. The number of thioether (sulfide) groups is 1. The van der Waals surface area contributed by atoms with Crippen LogP contribution < -0.4 is 4.74 Å². The van der Waals surface area contributed by atoms with Gasteiger partial charge in [0.2, 0.25) is 5.88 Å². The molecule has 1 aromatic heterocycles. The number of aromatic nitrogens is 1. The molecule has 118 valence electrons. The van der Waals surface area contributed by atoms with E-state index in [9.17, 15) is 9.59 Å². The summed E-state index contributed by atoms with van der Waals surface area (Å²) in [5.74, 6) is 1.04. The number of hydrogen-bond acceptors (Lipinski definition) is 5. The van der Waals surface area contributed by atoms with Crippen LogP contribution in [0, 0.1) is 0 Å². The van der Waals surface area contributed by atoms with Gasteiger partial charge in [-0.3, -0.25) is 9.59 Å². The number of carbonyl (C=O) groups excluding carboxylic acids is 2. The van der Waals surface area contributed by atoms with Crippen molar-refractivity contribution in [3.05, 3.63) is 48.2 Å². The van der Waals surface area contributed by atoms with E-state index in [2.05, 4.69) is 4.98 Å². The lowest BCUT2D eigenvalue weighted by Crippen LogP contribution is -2.21. The third-order valence-electron chi connectivity index (χ3n) is 3.79. The number of ketones is 2. The van der Waals surface area contributed by atoms with E-state index in [1.165, 1.54) is 4.90 Å². The zero-order valence-electron chi connectivity index (χ0n) is 12.8. The van der Waals surface area contributed by atoms with E-state index < -0.39 is 0 Å². The molecular formula is C18H17NO3S. The molecule has 0 spiro atoms. The molecule has 0 aliphatic heterocycles. The van der Waals surface area contributed by atoms with Gasteiger partial charge in [-0.25, -0.2) is 4.98 Å². The van der Waals surface area contributed by atoms with Crippen molar-refractivity contribution in [3.8, 4) is 11.6 Å². The highest BCUT2D eigenvalue weighted by Crippen LogP contribution is 2.30. The Morgan fingerprint density at radius 3 is 2.39 bits per heavy atom. The van der Waals surface area contributed by atoms with Crippen LogP contribution in [0.3, 0.4) is 0 Å². The summed E-state index contributed by atoms with van der Waals surface area (Å²) in [5, 5.41) is 0. The lowest BCUT2D eigenvalue weighted by atomic mass is 9.85. The number of ether oxygens (including phenoxy) is 1. The molecule has 0 atom stereocenters. The number of benzene rings is 1. The third-order valence-corrected chi connectivity index (χ3v) is 4.53. The number of Topliss-reactive ketones (excluding diaryl/α,β-unsaturated/α-hetero) is 2. The maximum atomic E-state index is 11.6. The predicted molar refractivity (Wildman–Crippen MR) is 89.1 cm³/mol.